The fourth-order valence-corrected chi connectivity index (χ4v) is 9.68. The summed E-state index contributed by atoms with van der Waals surface area (Å²) in [6.07, 6.45) is 6.48. The second-order valence-electron chi connectivity index (χ2n) is 17.5. The van der Waals surface area contributed by atoms with Gasteiger partial charge in [0.15, 0.2) is 0 Å². The third-order valence-corrected chi connectivity index (χ3v) is 13.2. The largest absolute Gasteiger partial charge is 0.456 e. The summed E-state index contributed by atoms with van der Waals surface area (Å²) in [5.74, 6) is -7.56. The van der Waals surface area contributed by atoms with E-state index in [0.717, 1.165) is 18.4 Å². The van der Waals surface area contributed by atoms with Crippen LogP contribution >= 0.6 is 0 Å². The number of carbonyl (C=O) groups excluding carboxylic acids is 4. The second kappa shape index (κ2) is 21.7. The first-order valence-electron chi connectivity index (χ1n) is 21.3. The first-order valence-corrected chi connectivity index (χ1v) is 21.3. The third-order valence-electron chi connectivity index (χ3n) is 13.2. The Balaban J connectivity index is 1.78. The number of allylic oxidation sites excluding steroid dienone is 4. The zero-order valence-corrected chi connectivity index (χ0v) is 36.4. The van der Waals surface area contributed by atoms with Crippen molar-refractivity contribution in [2.45, 2.75) is 160 Å². The second-order valence-corrected chi connectivity index (χ2v) is 17.5. The maximum absolute atomic E-state index is 14.4. The monoisotopic (exact) mass is 817 g/mol. The molecule has 1 amide bonds. The molecule has 13 heteroatoms. The molecule has 328 valence electrons. The van der Waals surface area contributed by atoms with Gasteiger partial charge in [-0.3, -0.25) is 14.4 Å². The first-order chi connectivity index (χ1) is 27.5. The maximum atomic E-state index is 14.4. The minimum Gasteiger partial charge on any atom is -0.456 e. The van der Waals surface area contributed by atoms with Gasteiger partial charge in [-0.1, -0.05) is 44.6 Å². The number of hydrogen-bond acceptors (Lipinski definition) is 12. The van der Waals surface area contributed by atoms with Crippen LogP contribution in [0.5, 0.6) is 0 Å². The van der Waals surface area contributed by atoms with E-state index in [9.17, 15) is 29.4 Å². The number of hydrogen-bond donors (Lipinski definition) is 2. The van der Waals surface area contributed by atoms with Gasteiger partial charge in [0, 0.05) is 59.2 Å². The van der Waals surface area contributed by atoms with Crippen molar-refractivity contribution in [1.29, 1.82) is 0 Å². The fraction of sp³-hybridized carbons (Fsp3) is 0.778. The highest BCUT2D eigenvalue weighted by molar-refractivity contribution is 6.39. The number of rotatable bonds is 8. The number of carbonyl (C=O) groups is 4. The molecule has 0 radical (unpaired) electrons. The Morgan fingerprint density at radius 2 is 1.57 bits per heavy atom. The van der Waals surface area contributed by atoms with Gasteiger partial charge in [-0.05, 0) is 95.5 Å². The Hall–Kier alpha value is -2.78. The van der Waals surface area contributed by atoms with E-state index in [4.69, 9.17) is 28.4 Å². The Morgan fingerprint density at radius 1 is 0.914 bits per heavy atom. The smallest absolute Gasteiger partial charge is 0.329 e. The summed E-state index contributed by atoms with van der Waals surface area (Å²) >= 11 is 0. The summed E-state index contributed by atoms with van der Waals surface area (Å²) in [7, 11) is 6.40. The van der Waals surface area contributed by atoms with Crippen molar-refractivity contribution in [3.8, 4) is 0 Å². The van der Waals surface area contributed by atoms with E-state index < -0.39 is 77.8 Å². The van der Waals surface area contributed by atoms with Gasteiger partial charge in [-0.2, -0.15) is 0 Å². The van der Waals surface area contributed by atoms with Gasteiger partial charge in [0.2, 0.25) is 5.79 Å². The molecule has 3 fully saturated rings. The summed E-state index contributed by atoms with van der Waals surface area (Å²) in [6, 6.07) is -1.13. The molecule has 1 aliphatic carbocycles. The molecule has 2 saturated heterocycles. The number of methoxy groups -OCH3 is 4. The zero-order valence-electron chi connectivity index (χ0n) is 36.4. The number of ether oxygens (including phenoxy) is 6. The minimum atomic E-state index is -2.50. The predicted octanol–water partition coefficient (Wildman–Crippen LogP) is 5.29. The number of amides is 1. The predicted molar refractivity (Wildman–Crippen MR) is 217 cm³/mol. The zero-order chi connectivity index (χ0) is 42.9. The van der Waals surface area contributed by atoms with Crippen LogP contribution in [0.25, 0.3) is 0 Å². The summed E-state index contributed by atoms with van der Waals surface area (Å²) in [5, 5.41) is 23.8. The molecule has 2 bridgehead atoms. The number of nitrogens with zero attached hydrogens (tertiary/aromatic N) is 1. The quantitative estimate of drug-likeness (QED) is 0.185. The van der Waals surface area contributed by atoms with E-state index in [0.29, 0.717) is 44.1 Å². The van der Waals surface area contributed by atoms with Crippen LogP contribution < -0.4 is 0 Å². The van der Waals surface area contributed by atoms with E-state index in [2.05, 4.69) is 12.7 Å². The van der Waals surface area contributed by atoms with Gasteiger partial charge in [0.25, 0.3) is 11.7 Å². The van der Waals surface area contributed by atoms with Gasteiger partial charge in [-0.15, -0.1) is 6.58 Å². The van der Waals surface area contributed by atoms with Crippen molar-refractivity contribution in [3.05, 3.63) is 36.0 Å². The molecule has 14 atom stereocenters. The average molecular weight is 818 g/mol. The van der Waals surface area contributed by atoms with Crippen LogP contribution in [0.2, 0.25) is 0 Å². The normalized spacial score (nSPS) is 40.5. The summed E-state index contributed by atoms with van der Waals surface area (Å²) in [4.78, 5) is 58.0. The Bertz CT molecular complexity index is 1500. The lowest BCUT2D eigenvalue weighted by molar-refractivity contribution is -0.302. The SMILES string of the molecule is C=CCC1/C=C(\C)CC(C)CC(OC)C2OC(O)(C(=O)C(=O)N3CCCCC3C(=O)OC(/C(C)=C/C3CCC(OC)C(OC)C3)C(C)C(O)CC1=O)C(C)CC2OC. The topological polar surface area (TPSA) is 167 Å². The number of aliphatic hydroxyl groups is 2. The van der Waals surface area contributed by atoms with Crippen LogP contribution in [0.15, 0.2) is 36.0 Å². The fourth-order valence-electron chi connectivity index (χ4n) is 9.68. The standard InChI is InChI=1S/C45H71NO12/c1-11-14-32-20-26(2)19-27(3)21-38(55-9)41-39(56-10)23-29(5)45(52,58-41)42(49)43(50)46-18-13-12-15-33(46)44(51)57-40(30(6)34(47)25-35(32)48)28(4)22-31-16-17-36(53-7)37(24-31)54-8/h11,20,22,27,29-34,36-41,47,52H,1,12-19,21,23-25H2,2-10H3/b26-20+,28-22+. The van der Waals surface area contributed by atoms with Crippen LogP contribution in [0, 0.1) is 29.6 Å². The molecular formula is C45H71NO12. The molecule has 4 aliphatic rings. The highest BCUT2D eigenvalue weighted by atomic mass is 16.7. The van der Waals surface area contributed by atoms with E-state index >= 15 is 0 Å². The van der Waals surface area contributed by atoms with Crippen molar-refractivity contribution < 1.29 is 57.8 Å². The molecule has 1 saturated carbocycles. The third kappa shape index (κ3) is 11.3. The number of fused-ring (bicyclic) bond motifs is 3. The highest BCUT2D eigenvalue weighted by Gasteiger charge is 2.56. The lowest BCUT2D eigenvalue weighted by atomic mass is 9.81. The first kappa shape index (κ1) is 47.9. The molecular weight excluding hydrogens is 746 g/mol. The summed E-state index contributed by atoms with van der Waals surface area (Å²) < 4.78 is 35.7. The van der Waals surface area contributed by atoms with Crippen molar-refractivity contribution in [2.24, 2.45) is 29.6 Å². The number of ketones is 2. The van der Waals surface area contributed by atoms with E-state index in [1.54, 1.807) is 34.1 Å². The van der Waals surface area contributed by atoms with Gasteiger partial charge in [-0.25, -0.2) is 4.79 Å². The van der Waals surface area contributed by atoms with Crippen LogP contribution in [0.4, 0.5) is 0 Å². The molecule has 0 aromatic heterocycles. The molecule has 0 spiro atoms. The molecule has 0 aromatic rings. The summed E-state index contributed by atoms with van der Waals surface area (Å²) in [6.45, 7) is 13.2. The lowest BCUT2D eigenvalue weighted by Crippen LogP contribution is -2.64. The number of Topliss-reactive ketones (excluding diaryl/α,β-unsaturated/α-hetero) is 2. The maximum Gasteiger partial charge on any atom is 0.329 e. The average Bonchev–Trinajstić information content (AvgIpc) is 3.21. The Kier molecular flexibility index (Phi) is 17.9. The van der Waals surface area contributed by atoms with Gasteiger partial charge >= 0.3 is 5.97 Å². The van der Waals surface area contributed by atoms with Crippen molar-refractivity contribution in [3.63, 3.8) is 0 Å². The lowest BCUT2D eigenvalue weighted by Gasteiger charge is -2.47. The minimum absolute atomic E-state index is 0.0165. The van der Waals surface area contributed by atoms with Crippen LogP contribution in [0.1, 0.15) is 105 Å². The van der Waals surface area contributed by atoms with Gasteiger partial charge < -0.3 is 43.5 Å². The molecule has 3 aliphatic heterocycles. The van der Waals surface area contributed by atoms with Crippen LogP contribution in [-0.4, -0.2) is 128 Å². The number of aliphatic hydroxyl groups excluding tert-OH is 1. The van der Waals surface area contributed by atoms with E-state index in [-0.39, 0.29) is 55.6 Å². The van der Waals surface area contributed by atoms with E-state index in [1.807, 2.05) is 26.8 Å². The van der Waals surface area contributed by atoms with E-state index in [1.165, 1.54) is 19.1 Å². The molecule has 3 heterocycles. The molecule has 0 aromatic carbocycles. The van der Waals surface area contributed by atoms with Crippen molar-refractivity contribution >= 4 is 23.4 Å². The number of cyclic esters (lactones) is 1. The van der Waals surface area contributed by atoms with Gasteiger partial charge in [0.05, 0.1) is 30.5 Å². The summed E-state index contributed by atoms with van der Waals surface area (Å²) in [5.41, 5.74) is 1.67. The Labute approximate surface area is 345 Å². The highest BCUT2D eigenvalue weighted by Crippen LogP contribution is 2.39. The number of esters is 1. The van der Waals surface area contributed by atoms with Gasteiger partial charge in [0.1, 0.15) is 24.0 Å². The Morgan fingerprint density at radius 3 is 2.21 bits per heavy atom. The van der Waals surface area contributed by atoms with Crippen LogP contribution in [-0.2, 0) is 47.6 Å². The molecule has 13 nitrogen and oxygen atoms in total. The molecule has 4 rings (SSSR count). The molecule has 2 N–H and O–H groups in total. The molecule has 14 unspecified atom stereocenters. The van der Waals surface area contributed by atoms with Crippen molar-refractivity contribution in [2.75, 3.05) is 35.0 Å². The number of piperidine rings is 1. The van der Waals surface area contributed by atoms with Crippen molar-refractivity contribution in [1.82, 2.24) is 4.90 Å². The van der Waals surface area contributed by atoms with Crippen LogP contribution in [0.3, 0.4) is 0 Å². The molecule has 58 heavy (non-hydrogen) atoms.